The first kappa shape index (κ1) is 26.6. The van der Waals surface area contributed by atoms with E-state index in [9.17, 15) is 9.18 Å². The quantitative estimate of drug-likeness (QED) is 0.234. The van der Waals surface area contributed by atoms with E-state index in [1.807, 2.05) is 66.4 Å². The minimum absolute atomic E-state index is 0.0290. The van der Waals surface area contributed by atoms with E-state index in [2.05, 4.69) is 13.8 Å². The molecule has 1 atom stereocenters. The Morgan fingerprint density at radius 3 is 2.54 bits per heavy atom. The van der Waals surface area contributed by atoms with Gasteiger partial charge in [-0.3, -0.25) is 4.79 Å². The molecule has 1 aromatic heterocycles. The number of ether oxygens (including phenoxy) is 2. The molecule has 5 rings (SSSR count). The molecule has 6 nitrogen and oxygen atoms in total. The summed E-state index contributed by atoms with van der Waals surface area (Å²) in [6.07, 6.45) is 1.86. The van der Waals surface area contributed by atoms with Crippen molar-refractivity contribution in [2.75, 3.05) is 13.2 Å². The maximum Gasteiger partial charge on any atom is 0.254 e. The number of nitrogens with zero attached hydrogens (tertiary/aromatic N) is 3. The second-order valence-corrected chi connectivity index (χ2v) is 10.3. The second kappa shape index (κ2) is 11.8. The molecule has 0 aliphatic carbocycles. The summed E-state index contributed by atoms with van der Waals surface area (Å²) < 4.78 is 28.2. The van der Waals surface area contributed by atoms with Crippen LogP contribution in [0.15, 0.2) is 78.9 Å². The Balaban J connectivity index is 1.60. The number of amides is 1. The number of carbonyl (C=O) groups is 1. The molecular formula is C32H34FN3O3. The van der Waals surface area contributed by atoms with Crippen molar-refractivity contribution in [3.05, 3.63) is 107 Å². The van der Waals surface area contributed by atoms with Gasteiger partial charge in [0.1, 0.15) is 11.6 Å². The van der Waals surface area contributed by atoms with Crippen LogP contribution in [-0.4, -0.2) is 39.8 Å². The average molecular weight is 528 g/mol. The van der Waals surface area contributed by atoms with Crippen molar-refractivity contribution in [2.24, 2.45) is 0 Å². The molecule has 1 saturated heterocycles. The van der Waals surface area contributed by atoms with Gasteiger partial charge in [0, 0.05) is 24.8 Å². The van der Waals surface area contributed by atoms with E-state index in [1.165, 1.54) is 12.1 Å². The fourth-order valence-electron chi connectivity index (χ4n) is 4.88. The maximum atomic E-state index is 14.1. The molecule has 0 N–H and O–H groups in total. The Kier molecular flexibility index (Phi) is 8.07. The predicted octanol–water partition coefficient (Wildman–Crippen LogP) is 7.06. The number of hydrogen-bond donors (Lipinski definition) is 0. The van der Waals surface area contributed by atoms with E-state index in [1.54, 1.807) is 16.8 Å². The Morgan fingerprint density at radius 2 is 1.87 bits per heavy atom. The van der Waals surface area contributed by atoms with Crippen LogP contribution >= 0.6 is 0 Å². The van der Waals surface area contributed by atoms with E-state index < -0.39 is 5.82 Å². The van der Waals surface area contributed by atoms with Crippen LogP contribution in [0.4, 0.5) is 4.39 Å². The third-order valence-electron chi connectivity index (χ3n) is 6.91. The van der Waals surface area contributed by atoms with Crippen LogP contribution in [-0.2, 0) is 11.3 Å². The first-order chi connectivity index (χ1) is 18.9. The molecule has 7 heteroatoms. The summed E-state index contributed by atoms with van der Waals surface area (Å²) in [5.74, 6) is 0.408. The normalized spacial score (nSPS) is 15.1. The van der Waals surface area contributed by atoms with E-state index in [0.29, 0.717) is 30.3 Å². The maximum absolute atomic E-state index is 14.1. The summed E-state index contributed by atoms with van der Waals surface area (Å²) in [5.41, 5.74) is 4.13. The minimum Gasteiger partial charge on any atom is -0.438 e. The molecule has 0 saturated carbocycles. The number of hydrogen-bond acceptors (Lipinski definition) is 4. The Hall–Kier alpha value is -3.97. The lowest BCUT2D eigenvalue weighted by Crippen LogP contribution is -2.37. The van der Waals surface area contributed by atoms with Crippen molar-refractivity contribution in [2.45, 2.75) is 52.2 Å². The lowest BCUT2D eigenvalue weighted by molar-refractivity contribution is 0.0505. The summed E-state index contributed by atoms with van der Waals surface area (Å²) in [4.78, 5) is 15.7. The molecule has 0 radical (unpaired) electrons. The number of aryl methyl sites for hydroxylation is 1. The number of rotatable bonds is 9. The second-order valence-electron chi connectivity index (χ2n) is 10.3. The highest BCUT2D eigenvalue weighted by Crippen LogP contribution is 2.35. The molecule has 3 aromatic carbocycles. The molecule has 39 heavy (non-hydrogen) atoms. The van der Waals surface area contributed by atoms with E-state index in [0.717, 1.165) is 35.3 Å². The molecule has 1 fully saturated rings. The molecule has 1 aliphatic heterocycles. The van der Waals surface area contributed by atoms with Gasteiger partial charge in [0.2, 0.25) is 5.88 Å². The van der Waals surface area contributed by atoms with Gasteiger partial charge in [0.15, 0.2) is 0 Å². The molecule has 2 heterocycles. The molecule has 4 aromatic rings. The van der Waals surface area contributed by atoms with Gasteiger partial charge in [-0.2, -0.15) is 5.10 Å². The molecular weight excluding hydrogens is 493 g/mol. The fraction of sp³-hybridized carbons (Fsp3) is 0.312. The summed E-state index contributed by atoms with van der Waals surface area (Å²) in [7, 11) is 0. The number of carbonyl (C=O) groups excluding carboxylic acids is 1. The topological polar surface area (TPSA) is 56.6 Å². The van der Waals surface area contributed by atoms with Gasteiger partial charge < -0.3 is 14.4 Å². The third kappa shape index (κ3) is 6.20. The van der Waals surface area contributed by atoms with Gasteiger partial charge in [-0.15, -0.1) is 0 Å². The largest absolute Gasteiger partial charge is 0.438 e. The van der Waals surface area contributed by atoms with Crippen molar-refractivity contribution in [1.82, 2.24) is 14.7 Å². The van der Waals surface area contributed by atoms with E-state index >= 15 is 0 Å². The summed E-state index contributed by atoms with van der Waals surface area (Å²) >= 11 is 0. The first-order valence-electron chi connectivity index (χ1n) is 13.5. The van der Waals surface area contributed by atoms with Gasteiger partial charge in [-0.25, -0.2) is 9.07 Å². The molecule has 0 spiro atoms. The van der Waals surface area contributed by atoms with Gasteiger partial charge >= 0.3 is 0 Å². The summed E-state index contributed by atoms with van der Waals surface area (Å²) in [6.45, 7) is 7.58. The molecule has 1 aliphatic rings. The third-order valence-corrected chi connectivity index (χ3v) is 6.91. The zero-order valence-corrected chi connectivity index (χ0v) is 22.6. The molecule has 1 amide bonds. The minimum atomic E-state index is -0.390. The van der Waals surface area contributed by atoms with Crippen molar-refractivity contribution < 1.29 is 18.7 Å². The van der Waals surface area contributed by atoms with Crippen molar-refractivity contribution >= 4 is 5.91 Å². The lowest BCUT2D eigenvalue weighted by Gasteiger charge is -2.26. The Morgan fingerprint density at radius 1 is 1.10 bits per heavy atom. The molecule has 202 valence electrons. The zero-order chi connectivity index (χ0) is 27.4. The SMILES string of the molecule is Cc1ccc(C(=O)N(Cc2c(C(C)C)nn(-c3ccccc3)c2Oc2cccc(F)c2)CC2CCCO2)cc1. The summed E-state index contributed by atoms with van der Waals surface area (Å²) in [5, 5.41) is 4.96. The van der Waals surface area contributed by atoms with E-state index in [-0.39, 0.29) is 24.5 Å². The van der Waals surface area contributed by atoms with Crippen molar-refractivity contribution in [1.29, 1.82) is 0 Å². The fourth-order valence-corrected chi connectivity index (χ4v) is 4.88. The van der Waals surface area contributed by atoms with Gasteiger partial charge in [0.25, 0.3) is 5.91 Å². The van der Waals surface area contributed by atoms with Crippen LogP contribution in [0, 0.1) is 12.7 Å². The van der Waals surface area contributed by atoms with Gasteiger partial charge in [-0.1, -0.05) is 55.8 Å². The Labute approximate surface area is 229 Å². The standard InChI is InChI=1S/C32H34FN3O3/c1-22(2)30-29(21-35(20-28-13-8-18-38-28)31(37)24-16-14-23(3)15-17-24)32(39-27-12-7-9-25(33)19-27)36(34-30)26-10-5-4-6-11-26/h4-7,9-12,14-17,19,22,28H,8,13,18,20-21H2,1-3H3. The summed E-state index contributed by atoms with van der Waals surface area (Å²) in [6, 6.07) is 23.4. The highest BCUT2D eigenvalue weighted by atomic mass is 19.1. The lowest BCUT2D eigenvalue weighted by atomic mass is 10.0. The van der Waals surface area contributed by atoms with Crippen molar-refractivity contribution in [3.8, 4) is 17.3 Å². The van der Waals surface area contributed by atoms with Crippen LogP contribution < -0.4 is 4.74 Å². The van der Waals surface area contributed by atoms with Crippen LogP contribution in [0.3, 0.4) is 0 Å². The molecule has 1 unspecified atom stereocenters. The first-order valence-corrected chi connectivity index (χ1v) is 13.5. The molecule has 0 bridgehead atoms. The van der Waals surface area contributed by atoms with Crippen LogP contribution in [0.5, 0.6) is 11.6 Å². The highest BCUT2D eigenvalue weighted by molar-refractivity contribution is 5.94. The number of halogens is 1. The van der Waals surface area contributed by atoms with Gasteiger partial charge in [0.05, 0.1) is 29.6 Å². The van der Waals surface area contributed by atoms with Crippen LogP contribution in [0.25, 0.3) is 5.69 Å². The van der Waals surface area contributed by atoms with Crippen LogP contribution in [0.2, 0.25) is 0 Å². The number of aromatic nitrogens is 2. The van der Waals surface area contributed by atoms with Crippen molar-refractivity contribution in [3.63, 3.8) is 0 Å². The highest BCUT2D eigenvalue weighted by Gasteiger charge is 2.29. The predicted molar refractivity (Wildman–Crippen MR) is 149 cm³/mol. The number of para-hydroxylation sites is 1. The van der Waals surface area contributed by atoms with Gasteiger partial charge in [-0.05, 0) is 62.1 Å². The number of benzene rings is 3. The monoisotopic (exact) mass is 527 g/mol. The smallest absolute Gasteiger partial charge is 0.254 e. The average Bonchev–Trinajstić information content (AvgIpc) is 3.57. The zero-order valence-electron chi connectivity index (χ0n) is 22.6. The van der Waals surface area contributed by atoms with Crippen LogP contribution in [0.1, 0.15) is 59.8 Å². The Bertz CT molecular complexity index is 1410. The van der Waals surface area contributed by atoms with E-state index in [4.69, 9.17) is 14.6 Å².